The number of hydrogen-bond acceptors (Lipinski definition) is 2. The summed E-state index contributed by atoms with van der Waals surface area (Å²) in [7, 11) is 0. The van der Waals surface area contributed by atoms with Gasteiger partial charge in [0.2, 0.25) is 0 Å². The van der Waals surface area contributed by atoms with Crippen molar-refractivity contribution in [3.63, 3.8) is 0 Å². The van der Waals surface area contributed by atoms with Crippen LogP contribution in [0.3, 0.4) is 0 Å². The minimum absolute atomic E-state index is 0.851. The first-order valence-corrected chi connectivity index (χ1v) is 5.83. The van der Waals surface area contributed by atoms with Crippen molar-refractivity contribution in [2.45, 2.75) is 26.2 Å². The number of unbranched alkanes of at least 4 members (excludes halogenated alkanes) is 2. The molecule has 0 saturated carbocycles. The van der Waals surface area contributed by atoms with E-state index in [1.165, 1.54) is 0 Å². The summed E-state index contributed by atoms with van der Waals surface area (Å²) < 4.78 is 1.01. The lowest BCUT2D eigenvalue weighted by atomic mass is 10.2. The van der Waals surface area contributed by atoms with Crippen LogP contribution in [0.15, 0.2) is 16.7 Å². The van der Waals surface area contributed by atoms with Gasteiger partial charge in [-0.3, -0.25) is 0 Å². The van der Waals surface area contributed by atoms with Crippen LogP contribution in [-0.4, -0.2) is 11.5 Å². The highest BCUT2D eigenvalue weighted by molar-refractivity contribution is 9.10. The summed E-state index contributed by atoms with van der Waals surface area (Å²) in [5.41, 5.74) is 1.15. The molecule has 1 heterocycles. The van der Waals surface area contributed by atoms with Crippen LogP contribution in [0.4, 0.5) is 5.82 Å². The molecule has 0 spiro atoms. The summed E-state index contributed by atoms with van der Waals surface area (Å²) in [5, 5.41) is 3.27. The van der Waals surface area contributed by atoms with Gasteiger partial charge in [-0.2, -0.15) is 0 Å². The summed E-state index contributed by atoms with van der Waals surface area (Å²) in [6.07, 6.45) is 10.0. The van der Waals surface area contributed by atoms with Crippen LogP contribution in [-0.2, 0) is 0 Å². The van der Waals surface area contributed by atoms with Gasteiger partial charge in [-0.05, 0) is 47.3 Å². The second-order valence-electron chi connectivity index (χ2n) is 3.43. The molecule has 0 bridgehead atoms. The molecule has 0 unspecified atom stereocenters. The van der Waals surface area contributed by atoms with Crippen molar-refractivity contribution in [1.29, 1.82) is 0 Å². The number of halogens is 1. The van der Waals surface area contributed by atoms with Crippen LogP contribution in [0.5, 0.6) is 0 Å². The molecule has 0 aromatic carbocycles. The first kappa shape index (κ1) is 12.1. The zero-order valence-corrected chi connectivity index (χ0v) is 10.5. The molecule has 80 valence electrons. The van der Waals surface area contributed by atoms with Gasteiger partial charge in [0.1, 0.15) is 5.82 Å². The van der Waals surface area contributed by atoms with E-state index in [0.717, 1.165) is 41.7 Å². The Bertz CT molecular complexity index is 355. The van der Waals surface area contributed by atoms with Crippen molar-refractivity contribution in [3.05, 3.63) is 22.3 Å². The zero-order chi connectivity index (χ0) is 11.1. The van der Waals surface area contributed by atoms with E-state index in [2.05, 4.69) is 38.2 Å². The average Bonchev–Trinajstić information content (AvgIpc) is 2.20. The van der Waals surface area contributed by atoms with E-state index in [-0.39, 0.29) is 0 Å². The second kappa shape index (κ2) is 6.47. The number of pyridine rings is 1. The van der Waals surface area contributed by atoms with Crippen LogP contribution in [0.2, 0.25) is 0 Å². The molecule has 1 aromatic rings. The molecule has 0 atom stereocenters. The maximum Gasteiger partial charge on any atom is 0.140 e. The molecule has 1 rings (SSSR count). The largest absolute Gasteiger partial charge is 0.369 e. The number of anilines is 1. The van der Waals surface area contributed by atoms with E-state index in [1.807, 2.05) is 13.1 Å². The molecule has 1 N–H and O–H groups in total. The zero-order valence-electron chi connectivity index (χ0n) is 8.89. The minimum Gasteiger partial charge on any atom is -0.369 e. The lowest BCUT2D eigenvalue weighted by molar-refractivity contribution is 0.787. The monoisotopic (exact) mass is 266 g/mol. The van der Waals surface area contributed by atoms with E-state index in [9.17, 15) is 0 Å². The summed E-state index contributed by atoms with van der Waals surface area (Å²) in [4.78, 5) is 4.30. The van der Waals surface area contributed by atoms with Gasteiger partial charge < -0.3 is 5.32 Å². The van der Waals surface area contributed by atoms with Crippen molar-refractivity contribution in [2.75, 3.05) is 11.9 Å². The highest BCUT2D eigenvalue weighted by atomic mass is 79.9. The summed E-state index contributed by atoms with van der Waals surface area (Å²) >= 11 is 3.47. The number of hydrogen-bond donors (Lipinski definition) is 1. The van der Waals surface area contributed by atoms with Gasteiger partial charge >= 0.3 is 0 Å². The van der Waals surface area contributed by atoms with Gasteiger partial charge in [-0.1, -0.05) is 0 Å². The van der Waals surface area contributed by atoms with Crippen LogP contribution >= 0.6 is 15.9 Å². The Morgan fingerprint density at radius 2 is 2.33 bits per heavy atom. The lowest BCUT2D eigenvalue weighted by Gasteiger charge is -2.07. The first-order chi connectivity index (χ1) is 7.24. The molecular formula is C12H15BrN2. The molecule has 0 amide bonds. The number of nitrogens with zero attached hydrogens (tertiary/aromatic N) is 1. The first-order valence-electron chi connectivity index (χ1n) is 5.03. The Hall–Kier alpha value is -1.01. The van der Waals surface area contributed by atoms with E-state index in [0.29, 0.717) is 0 Å². The number of aryl methyl sites for hydroxylation is 1. The third-order valence-electron chi connectivity index (χ3n) is 2.02. The molecule has 0 aliphatic rings. The van der Waals surface area contributed by atoms with Crippen LogP contribution < -0.4 is 5.32 Å². The Morgan fingerprint density at radius 1 is 1.53 bits per heavy atom. The summed E-state index contributed by atoms with van der Waals surface area (Å²) in [6, 6.07) is 2.05. The predicted molar refractivity (Wildman–Crippen MR) is 67.8 cm³/mol. The van der Waals surface area contributed by atoms with Crippen molar-refractivity contribution in [3.8, 4) is 12.3 Å². The third-order valence-corrected chi connectivity index (χ3v) is 2.62. The van der Waals surface area contributed by atoms with Crippen molar-refractivity contribution >= 4 is 21.7 Å². The fourth-order valence-electron chi connectivity index (χ4n) is 1.22. The van der Waals surface area contributed by atoms with Gasteiger partial charge in [0, 0.05) is 19.2 Å². The summed E-state index contributed by atoms with van der Waals surface area (Å²) in [5.74, 6) is 3.54. The lowest BCUT2D eigenvalue weighted by Crippen LogP contribution is -2.03. The Kier molecular flexibility index (Phi) is 5.20. The van der Waals surface area contributed by atoms with Crippen LogP contribution in [0, 0.1) is 19.3 Å². The van der Waals surface area contributed by atoms with Gasteiger partial charge in [-0.15, -0.1) is 12.3 Å². The molecule has 3 heteroatoms. The van der Waals surface area contributed by atoms with E-state index in [1.54, 1.807) is 0 Å². The highest BCUT2D eigenvalue weighted by Crippen LogP contribution is 2.20. The van der Waals surface area contributed by atoms with Crippen molar-refractivity contribution < 1.29 is 0 Å². The Morgan fingerprint density at radius 3 is 3.00 bits per heavy atom. The highest BCUT2D eigenvalue weighted by Gasteiger charge is 1.99. The maximum absolute atomic E-state index is 5.17. The smallest absolute Gasteiger partial charge is 0.140 e. The third kappa shape index (κ3) is 4.35. The topological polar surface area (TPSA) is 24.9 Å². The number of rotatable bonds is 5. The molecule has 15 heavy (non-hydrogen) atoms. The van der Waals surface area contributed by atoms with Crippen LogP contribution in [0.1, 0.15) is 24.8 Å². The molecule has 0 fully saturated rings. The number of terminal acetylenes is 1. The SMILES string of the molecule is C#CCCCCNc1ncc(C)cc1Br. The van der Waals surface area contributed by atoms with Gasteiger partial charge in [0.25, 0.3) is 0 Å². The second-order valence-corrected chi connectivity index (χ2v) is 4.29. The molecule has 0 aliphatic heterocycles. The maximum atomic E-state index is 5.17. The standard InChI is InChI=1S/C12H15BrN2/c1-3-4-5-6-7-14-12-11(13)8-10(2)9-15-12/h1,8-9H,4-7H2,2H3,(H,14,15). The van der Waals surface area contributed by atoms with Gasteiger partial charge in [0.05, 0.1) is 4.47 Å². The van der Waals surface area contributed by atoms with E-state index in [4.69, 9.17) is 6.42 Å². The summed E-state index contributed by atoms with van der Waals surface area (Å²) in [6.45, 7) is 2.94. The molecule has 0 aliphatic carbocycles. The number of aromatic nitrogens is 1. The van der Waals surface area contributed by atoms with Crippen molar-refractivity contribution in [2.24, 2.45) is 0 Å². The fraction of sp³-hybridized carbons (Fsp3) is 0.417. The average molecular weight is 267 g/mol. The number of nitrogens with one attached hydrogen (secondary N) is 1. The molecule has 0 radical (unpaired) electrons. The predicted octanol–water partition coefficient (Wildman–Crippen LogP) is 3.37. The minimum atomic E-state index is 0.851. The molecule has 0 saturated heterocycles. The van der Waals surface area contributed by atoms with Crippen LogP contribution in [0.25, 0.3) is 0 Å². The van der Waals surface area contributed by atoms with Crippen molar-refractivity contribution in [1.82, 2.24) is 4.98 Å². The normalized spacial score (nSPS) is 9.67. The van der Waals surface area contributed by atoms with E-state index >= 15 is 0 Å². The fourth-order valence-corrected chi connectivity index (χ4v) is 1.83. The molecule has 1 aromatic heterocycles. The molecule has 2 nitrogen and oxygen atoms in total. The Labute approximate surface area is 99.6 Å². The molecular weight excluding hydrogens is 252 g/mol. The van der Waals surface area contributed by atoms with Gasteiger partial charge in [0.15, 0.2) is 0 Å². The quantitative estimate of drug-likeness (QED) is 0.653. The van der Waals surface area contributed by atoms with E-state index < -0.39 is 0 Å². The van der Waals surface area contributed by atoms with Gasteiger partial charge in [-0.25, -0.2) is 4.98 Å². The Balaban J connectivity index is 2.35.